The van der Waals surface area contributed by atoms with Crippen molar-refractivity contribution in [2.45, 2.75) is 23.6 Å². The van der Waals surface area contributed by atoms with E-state index in [4.69, 9.17) is 0 Å². The maximum absolute atomic E-state index is 13.1. The van der Waals surface area contributed by atoms with Crippen LogP contribution in [-0.2, 0) is 29.8 Å². The van der Waals surface area contributed by atoms with Crippen molar-refractivity contribution in [2.24, 2.45) is 0 Å². The van der Waals surface area contributed by atoms with Crippen molar-refractivity contribution in [3.63, 3.8) is 0 Å². The fourth-order valence-corrected chi connectivity index (χ4v) is 7.10. The van der Waals surface area contributed by atoms with E-state index in [0.29, 0.717) is 21.9 Å². The normalized spacial score (nSPS) is 11.6. The summed E-state index contributed by atoms with van der Waals surface area (Å²) in [6.45, 7) is 3.20. The number of hydrogen-bond acceptors (Lipinski definition) is 10. The van der Waals surface area contributed by atoms with Crippen LogP contribution in [0.4, 0.5) is 22.7 Å². The highest BCUT2D eigenvalue weighted by molar-refractivity contribution is 7.86. The minimum Gasteiger partial charge on any atom is -0.506 e. The van der Waals surface area contributed by atoms with Crippen molar-refractivity contribution < 1.29 is 55.3 Å². The molecule has 0 saturated heterocycles. The molecule has 4 amide bonds. The molecule has 0 radical (unpaired) electrons. The fourth-order valence-electron chi connectivity index (χ4n) is 5.92. The average molecular weight is 799 g/mol. The molecule has 0 spiro atoms. The third kappa shape index (κ3) is 7.84. The first-order valence-electron chi connectivity index (χ1n) is 16.2. The predicted molar refractivity (Wildman–Crippen MR) is 206 cm³/mol. The van der Waals surface area contributed by atoms with Crippen LogP contribution in [0.5, 0.6) is 11.5 Å². The summed E-state index contributed by atoms with van der Waals surface area (Å²) in [5.74, 6) is -4.56. The molecule has 286 valence electrons. The monoisotopic (exact) mass is 798 g/mol. The number of aryl methyl sites for hydroxylation is 2. The molecule has 0 bridgehead atoms. The zero-order valence-electron chi connectivity index (χ0n) is 29.1. The highest BCUT2D eigenvalue weighted by Gasteiger charge is 2.22. The van der Waals surface area contributed by atoms with Gasteiger partial charge in [0.25, 0.3) is 32.1 Å². The standard InChI is InChI=1S/C38H30N4O12S2/c1-19-17-21(35(45)41-29-7-3-5-25-23(29)11-15-31(33(25)43)55(49,50)51)9-13-27(19)39-37(47)38(48)40-28-14-10-22(18-20(28)2)36(46)42-30-8-4-6-26-24(30)12-16-32(34(26)44)56(52,53)54/h3-18,43-44H,1-2H3,(H,39,47)(H,40,48)(H,41,45)(H,42,46)(H,49,50,51)(H,52,53,54). The van der Waals surface area contributed by atoms with Crippen LogP contribution in [0.15, 0.2) is 107 Å². The van der Waals surface area contributed by atoms with Crippen LogP contribution >= 0.6 is 0 Å². The van der Waals surface area contributed by atoms with Crippen LogP contribution in [0.2, 0.25) is 0 Å². The largest absolute Gasteiger partial charge is 0.506 e. The highest BCUT2D eigenvalue weighted by Crippen LogP contribution is 2.37. The lowest BCUT2D eigenvalue weighted by Gasteiger charge is -2.14. The number of anilines is 4. The Morgan fingerprint density at radius 2 is 0.839 bits per heavy atom. The van der Waals surface area contributed by atoms with Crippen LogP contribution in [0.1, 0.15) is 31.8 Å². The molecular weight excluding hydrogens is 769 g/mol. The molecule has 8 N–H and O–H groups in total. The van der Waals surface area contributed by atoms with Gasteiger partial charge in [0.05, 0.1) is 0 Å². The number of nitrogens with one attached hydrogen (secondary N) is 4. The van der Waals surface area contributed by atoms with Gasteiger partial charge in [-0.05, 0) is 85.6 Å². The maximum atomic E-state index is 13.1. The molecule has 0 heterocycles. The summed E-state index contributed by atoms with van der Waals surface area (Å²) in [6, 6.07) is 22.1. The number of phenolic OH excluding ortho intramolecular Hbond substituents is 2. The molecule has 0 unspecified atom stereocenters. The van der Waals surface area contributed by atoms with E-state index in [1.807, 2.05) is 0 Å². The number of carbonyl (C=O) groups excluding carboxylic acids is 4. The Bertz CT molecular complexity index is 2700. The van der Waals surface area contributed by atoms with Gasteiger partial charge in [-0.25, -0.2) is 0 Å². The molecule has 0 aliphatic carbocycles. The molecule has 0 saturated carbocycles. The first-order chi connectivity index (χ1) is 26.3. The molecule has 6 aromatic carbocycles. The second kappa shape index (κ2) is 14.8. The van der Waals surface area contributed by atoms with Crippen molar-refractivity contribution in [3.8, 4) is 11.5 Å². The van der Waals surface area contributed by atoms with Gasteiger partial charge in [0.15, 0.2) is 0 Å². The predicted octanol–water partition coefficient (Wildman–Crippen LogP) is 5.60. The number of benzene rings is 6. The maximum Gasteiger partial charge on any atom is 0.314 e. The molecule has 0 aliphatic heterocycles. The quantitative estimate of drug-likeness (QED) is 0.0691. The lowest BCUT2D eigenvalue weighted by molar-refractivity contribution is -0.133. The van der Waals surface area contributed by atoms with Gasteiger partial charge in [0.1, 0.15) is 21.3 Å². The summed E-state index contributed by atoms with van der Waals surface area (Å²) in [5, 5.41) is 31.9. The molecule has 0 atom stereocenters. The Morgan fingerprint density at radius 3 is 1.18 bits per heavy atom. The van der Waals surface area contributed by atoms with E-state index in [-0.39, 0.29) is 44.6 Å². The van der Waals surface area contributed by atoms with Gasteiger partial charge in [-0.1, -0.05) is 36.4 Å². The Hall–Kier alpha value is -6.86. The second-order valence-corrected chi connectivity index (χ2v) is 15.2. The van der Waals surface area contributed by atoms with Crippen molar-refractivity contribution in [1.82, 2.24) is 0 Å². The van der Waals surface area contributed by atoms with Gasteiger partial charge in [0, 0.05) is 55.4 Å². The number of hydrogen-bond donors (Lipinski definition) is 8. The average Bonchev–Trinajstić information content (AvgIpc) is 3.13. The van der Waals surface area contributed by atoms with E-state index in [1.165, 1.54) is 84.9 Å². The van der Waals surface area contributed by atoms with Gasteiger partial charge < -0.3 is 31.5 Å². The van der Waals surface area contributed by atoms with Crippen LogP contribution in [0.25, 0.3) is 21.5 Å². The van der Waals surface area contributed by atoms with Crippen molar-refractivity contribution in [2.75, 3.05) is 21.3 Å². The molecular formula is C38H30N4O12S2. The fraction of sp³-hybridized carbons (Fsp3) is 0.0526. The zero-order valence-corrected chi connectivity index (χ0v) is 30.7. The summed E-state index contributed by atoms with van der Waals surface area (Å²) in [5.41, 5.74) is 2.15. The summed E-state index contributed by atoms with van der Waals surface area (Å²) in [7, 11) is -9.39. The molecule has 6 aromatic rings. The van der Waals surface area contributed by atoms with E-state index in [0.717, 1.165) is 12.1 Å². The number of rotatable bonds is 8. The highest BCUT2D eigenvalue weighted by atomic mass is 32.2. The topological polar surface area (TPSA) is 266 Å². The molecule has 6 rings (SSSR count). The minimum absolute atomic E-state index is 0.0736. The van der Waals surface area contributed by atoms with Crippen LogP contribution in [0.3, 0.4) is 0 Å². The smallest absolute Gasteiger partial charge is 0.314 e. The zero-order chi connectivity index (χ0) is 40.7. The number of phenols is 2. The lowest BCUT2D eigenvalue weighted by Crippen LogP contribution is -2.29. The molecule has 16 nitrogen and oxygen atoms in total. The molecule has 0 aromatic heterocycles. The van der Waals surface area contributed by atoms with Crippen LogP contribution < -0.4 is 21.3 Å². The molecule has 0 aliphatic rings. The number of fused-ring (bicyclic) bond motifs is 2. The van der Waals surface area contributed by atoms with Gasteiger partial charge in [0.2, 0.25) is 0 Å². The SMILES string of the molecule is Cc1cc(C(=O)Nc2cccc3c(O)c(S(=O)(=O)O)ccc23)ccc1NC(=O)C(=O)Nc1ccc(C(=O)Nc2cccc3c(O)c(S(=O)(=O)O)ccc23)cc1C. The van der Waals surface area contributed by atoms with Gasteiger partial charge in [-0.2, -0.15) is 16.8 Å². The van der Waals surface area contributed by atoms with Crippen molar-refractivity contribution >= 4 is 88.2 Å². The Labute approximate surface area is 318 Å². The molecule has 0 fully saturated rings. The number of carbonyl (C=O) groups is 4. The number of amides is 4. The lowest BCUT2D eigenvalue weighted by atomic mass is 10.1. The first kappa shape index (κ1) is 38.9. The van der Waals surface area contributed by atoms with Crippen LogP contribution in [-0.4, -0.2) is 59.8 Å². The Balaban J connectivity index is 1.10. The van der Waals surface area contributed by atoms with E-state index < -0.39 is 65.2 Å². The Morgan fingerprint density at radius 1 is 0.464 bits per heavy atom. The van der Waals surface area contributed by atoms with Crippen molar-refractivity contribution in [3.05, 3.63) is 119 Å². The van der Waals surface area contributed by atoms with Gasteiger partial charge in [-0.15, -0.1) is 0 Å². The van der Waals surface area contributed by atoms with E-state index in [9.17, 15) is 55.3 Å². The van der Waals surface area contributed by atoms with E-state index in [2.05, 4.69) is 21.3 Å². The number of aromatic hydroxyl groups is 2. The summed E-state index contributed by atoms with van der Waals surface area (Å²) in [4.78, 5) is 50.6. The van der Waals surface area contributed by atoms with Gasteiger partial charge in [-0.3, -0.25) is 28.3 Å². The minimum atomic E-state index is -4.70. The van der Waals surface area contributed by atoms with Crippen molar-refractivity contribution in [1.29, 1.82) is 0 Å². The third-order valence-electron chi connectivity index (χ3n) is 8.72. The molecule has 56 heavy (non-hydrogen) atoms. The second-order valence-electron chi connectivity index (χ2n) is 12.5. The first-order valence-corrected chi connectivity index (χ1v) is 19.1. The van der Waals surface area contributed by atoms with E-state index >= 15 is 0 Å². The summed E-state index contributed by atoms with van der Waals surface area (Å²) in [6.07, 6.45) is 0. The molecule has 18 heteroatoms. The van der Waals surface area contributed by atoms with E-state index in [1.54, 1.807) is 13.8 Å². The summed E-state index contributed by atoms with van der Waals surface area (Å²) >= 11 is 0. The van der Waals surface area contributed by atoms with Gasteiger partial charge >= 0.3 is 11.8 Å². The van der Waals surface area contributed by atoms with Crippen LogP contribution in [0, 0.1) is 13.8 Å². The summed E-state index contributed by atoms with van der Waals surface area (Å²) < 4.78 is 65.1. The Kier molecular flexibility index (Phi) is 10.2. The third-order valence-corrected chi connectivity index (χ3v) is 10.5.